The fourth-order valence-corrected chi connectivity index (χ4v) is 2.14. The minimum absolute atomic E-state index is 0.334. The summed E-state index contributed by atoms with van der Waals surface area (Å²) >= 11 is 0. The highest BCUT2D eigenvalue weighted by atomic mass is 16.5. The van der Waals surface area contributed by atoms with Gasteiger partial charge in [0.1, 0.15) is 5.52 Å². The van der Waals surface area contributed by atoms with Crippen molar-refractivity contribution in [3.8, 4) is 11.1 Å². The number of aromatic nitrogens is 1. The molecule has 0 saturated carbocycles. The van der Waals surface area contributed by atoms with Crippen molar-refractivity contribution in [1.29, 1.82) is 0 Å². The summed E-state index contributed by atoms with van der Waals surface area (Å²) in [7, 11) is 1.37. The van der Waals surface area contributed by atoms with E-state index in [0.717, 1.165) is 22.2 Å². The van der Waals surface area contributed by atoms with Crippen LogP contribution in [0.3, 0.4) is 0 Å². The largest absolute Gasteiger partial charge is 0.465 e. The third-order valence-electron chi connectivity index (χ3n) is 3.13. The predicted molar refractivity (Wildman–Crippen MR) is 75.5 cm³/mol. The van der Waals surface area contributed by atoms with Crippen molar-refractivity contribution in [3.63, 3.8) is 0 Å². The number of fused-ring (bicyclic) bond motifs is 1. The van der Waals surface area contributed by atoms with Gasteiger partial charge in [-0.25, -0.2) is 9.78 Å². The summed E-state index contributed by atoms with van der Waals surface area (Å²) in [5.74, 6) is 0.317. The van der Waals surface area contributed by atoms with Gasteiger partial charge in [-0.15, -0.1) is 0 Å². The number of carbonyl (C=O) groups excluding carboxylic acids is 1. The molecule has 0 atom stereocenters. The summed E-state index contributed by atoms with van der Waals surface area (Å²) in [4.78, 5) is 15.7. The van der Waals surface area contributed by atoms with Gasteiger partial charge in [0.2, 0.25) is 0 Å². The summed E-state index contributed by atoms with van der Waals surface area (Å²) in [5.41, 5.74) is 4.19. The molecule has 4 nitrogen and oxygen atoms in total. The number of rotatable bonds is 2. The molecule has 0 radical (unpaired) electrons. The van der Waals surface area contributed by atoms with E-state index >= 15 is 0 Å². The Kier molecular flexibility index (Phi) is 2.99. The first-order valence-electron chi connectivity index (χ1n) is 6.23. The minimum atomic E-state index is -0.334. The molecular formula is C16H13NO3. The molecule has 0 spiro atoms. The van der Waals surface area contributed by atoms with Crippen LogP contribution in [-0.2, 0) is 4.74 Å². The highest BCUT2D eigenvalue weighted by Crippen LogP contribution is 2.25. The van der Waals surface area contributed by atoms with Crippen molar-refractivity contribution in [2.24, 2.45) is 0 Å². The van der Waals surface area contributed by atoms with E-state index in [2.05, 4.69) is 9.72 Å². The molecule has 3 aromatic rings. The Morgan fingerprint density at radius 2 is 1.80 bits per heavy atom. The Morgan fingerprint density at radius 3 is 2.50 bits per heavy atom. The zero-order valence-electron chi connectivity index (χ0n) is 11.2. The fraction of sp³-hybridized carbons (Fsp3) is 0.125. The van der Waals surface area contributed by atoms with Crippen molar-refractivity contribution in [2.75, 3.05) is 7.11 Å². The van der Waals surface area contributed by atoms with Gasteiger partial charge in [-0.1, -0.05) is 18.2 Å². The number of hydrogen-bond acceptors (Lipinski definition) is 4. The Hall–Kier alpha value is -2.62. The van der Waals surface area contributed by atoms with Crippen LogP contribution >= 0.6 is 0 Å². The number of hydrogen-bond donors (Lipinski definition) is 0. The molecule has 0 amide bonds. The third kappa shape index (κ3) is 2.16. The second-order valence-electron chi connectivity index (χ2n) is 4.48. The normalized spacial score (nSPS) is 10.7. The maximum absolute atomic E-state index is 11.4. The van der Waals surface area contributed by atoms with Gasteiger partial charge in [0.15, 0.2) is 11.5 Å². The molecule has 1 heterocycles. The molecule has 0 fully saturated rings. The minimum Gasteiger partial charge on any atom is -0.465 e. The predicted octanol–water partition coefficient (Wildman–Crippen LogP) is 3.59. The summed E-state index contributed by atoms with van der Waals surface area (Å²) in [6.45, 7) is 1.82. The number of esters is 1. The Morgan fingerprint density at radius 1 is 1.10 bits per heavy atom. The molecule has 0 bridgehead atoms. The Bertz CT molecular complexity index is 772. The molecule has 3 rings (SSSR count). The van der Waals surface area contributed by atoms with Crippen LogP contribution in [0.25, 0.3) is 22.2 Å². The second-order valence-corrected chi connectivity index (χ2v) is 4.48. The Labute approximate surface area is 116 Å². The highest BCUT2D eigenvalue weighted by molar-refractivity contribution is 5.90. The average molecular weight is 267 g/mol. The van der Waals surface area contributed by atoms with Crippen molar-refractivity contribution >= 4 is 17.1 Å². The van der Waals surface area contributed by atoms with E-state index < -0.39 is 0 Å². The summed E-state index contributed by atoms with van der Waals surface area (Å²) < 4.78 is 10.1. The summed E-state index contributed by atoms with van der Waals surface area (Å²) in [6, 6.07) is 13.1. The molecule has 4 heteroatoms. The molecule has 0 saturated heterocycles. The van der Waals surface area contributed by atoms with Gasteiger partial charge in [-0.2, -0.15) is 0 Å². The zero-order chi connectivity index (χ0) is 14.1. The third-order valence-corrected chi connectivity index (χ3v) is 3.13. The van der Waals surface area contributed by atoms with Crippen LogP contribution in [0.1, 0.15) is 16.2 Å². The topological polar surface area (TPSA) is 52.3 Å². The lowest BCUT2D eigenvalue weighted by molar-refractivity contribution is 0.0601. The van der Waals surface area contributed by atoms with Gasteiger partial charge in [-0.05, 0) is 35.4 Å². The quantitative estimate of drug-likeness (QED) is 0.666. The molecule has 20 heavy (non-hydrogen) atoms. The fourth-order valence-electron chi connectivity index (χ4n) is 2.14. The lowest BCUT2D eigenvalue weighted by Crippen LogP contribution is -2.00. The zero-order valence-corrected chi connectivity index (χ0v) is 11.2. The Balaban J connectivity index is 1.99. The molecule has 1 aromatic heterocycles. The number of methoxy groups -OCH3 is 1. The molecule has 0 aliphatic carbocycles. The number of benzene rings is 2. The second kappa shape index (κ2) is 4.81. The van der Waals surface area contributed by atoms with Crippen LogP contribution in [0.4, 0.5) is 0 Å². The van der Waals surface area contributed by atoms with Gasteiger partial charge in [0.25, 0.3) is 0 Å². The molecule has 100 valence electrons. The van der Waals surface area contributed by atoms with Crippen molar-refractivity contribution in [3.05, 3.63) is 53.9 Å². The monoisotopic (exact) mass is 267 g/mol. The van der Waals surface area contributed by atoms with E-state index in [1.165, 1.54) is 7.11 Å². The van der Waals surface area contributed by atoms with E-state index in [1.54, 1.807) is 12.1 Å². The van der Waals surface area contributed by atoms with E-state index in [0.29, 0.717) is 11.5 Å². The lowest BCUT2D eigenvalue weighted by Gasteiger charge is -2.03. The van der Waals surface area contributed by atoms with Crippen molar-refractivity contribution < 1.29 is 13.9 Å². The first-order valence-corrected chi connectivity index (χ1v) is 6.23. The maximum Gasteiger partial charge on any atom is 0.337 e. The standard InChI is InChI=1S/C16H13NO3/c1-10-17-14-9-13(7-8-15(14)20-10)11-3-5-12(6-4-11)16(18)19-2/h3-9H,1-2H3. The maximum atomic E-state index is 11.4. The van der Waals surface area contributed by atoms with Gasteiger partial charge < -0.3 is 9.15 Å². The average Bonchev–Trinajstić information content (AvgIpc) is 2.85. The molecular weight excluding hydrogens is 254 g/mol. The van der Waals surface area contributed by atoms with Crippen molar-refractivity contribution in [1.82, 2.24) is 4.98 Å². The van der Waals surface area contributed by atoms with E-state index in [1.807, 2.05) is 37.3 Å². The van der Waals surface area contributed by atoms with E-state index in [-0.39, 0.29) is 5.97 Å². The first-order chi connectivity index (χ1) is 9.67. The van der Waals surface area contributed by atoms with Crippen LogP contribution in [0.15, 0.2) is 46.9 Å². The van der Waals surface area contributed by atoms with Crippen LogP contribution in [0.2, 0.25) is 0 Å². The molecule has 0 aliphatic rings. The highest BCUT2D eigenvalue weighted by Gasteiger charge is 2.07. The van der Waals surface area contributed by atoms with E-state index in [9.17, 15) is 4.79 Å². The summed E-state index contributed by atoms with van der Waals surface area (Å²) in [6.07, 6.45) is 0. The molecule has 0 aliphatic heterocycles. The van der Waals surface area contributed by atoms with Crippen LogP contribution in [-0.4, -0.2) is 18.1 Å². The number of ether oxygens (including phenoxy) is 1. The smallest absolute Gasteiger partial charge is 0.337 e. The number of carbonyl (C=O) groups is 1. The van der Waals surface area contributed by atoms with Gasteiger partial charge in [-0.3, -0.25) is 0 Å². The number of aryl methyl sites for hydroxylation is 1. The molecule has 2 aromatic carbocycles. The van der Waals surface area contributed by atoms with Gasteiger partial charge in [0.05, 0.1) is 12.7 Å². The van der Waals surface area contributed by atoms with Crippen LogP contribution in [0.5, 0.6) is 0 Å². The molecule has 0 N–H and O–H groups in total. The van der Waals surface area contributed by atoms with Crippen molar-refractivity contribution in [2.45, 2.75) is 6.92 Å². The number of oxazole rings is 1. The number of nitrogens with zero attached hydrogens (tertiary/aromatic N) is 1. The summed E-state index contributed by atoms with van der Waals surface area (Å²) in [5, 5.41) is 0. The first kappa shape index (κ1) is 12.4. The van der Waals surface area contributed by atoms with Gasteiger partial charge in [0, 0.05) is 6.92 Å². The lowest BCUT2D eigenvalue weighted by atomic mass is 10.0. The van der Waals surface area contributed by atoms with E-state index in [4.69, 9.17) is 4.42 Å². The molecule has 0 unspecified atom stereocenters. The van der Waals surface area contributed by atoms with Crippen LogP contribution in [0, 0.1) is 6.92 Å². The van der Waals surface area contributed by atoms with Crippen LogP contribution < -0.4 is 0 Å². The van der Waals surface area contributed by atoms with Gasteiger partial charge >= 0.3 is 5.97 Å². The SMILES string of the molecule is COC(=O)c1ccc(-c2ccc3oc(C)nc3c2)cc1.